The van der Waals surface area contributed by atoms with E-state index in [1.54, 1.807) is 23.7 Å². The first-order valence-corrected chi connectivity index (χ1v) is 18.7. The average molecular weight is 672 g/mol. The van der Waals surface area contributed by atoms with Gasteiger partial charge >= 0.3 is 5.97 Å². The van der Waals surface area contributed by atoms with Gasteiger partial charge in [0.2, 0.25) is 10.0 Å². The number of hydrogen-bond acceptors (Lipinski definition) is 10. The molecule has 0 radical (unpaired) electrons. The average Bonchev–Trinajstić information content (AvgIpc) is 3.64. The molecule has 250 valence electrons. The molecule has 12 heteroatoms. The van der Waals surface area contributed by atoms with Gasteiger partial charge in [0.05, 0.1) is 30.6 Å². The van der Waals surface area contributed by atoms with E-state index in [2.05, 4.69) is 10.3 Å². The Hall–Kier alpha value is -2.61. The van der Waals surface area contributed by atoms with Gasteiger partial charge in [-0.05, 0) is 60.7 Å². The van der Waals surface area contributed by atoms with Crippen LogP contribution in [0.2, 0.25) is 0 Å². The fourth-order valence-corrected chi connectivity index (χ4v) is 9.27. The van der Waals surface area contributed by atoms with Gasteiger partial charge in [0.15, 0.2) is 11.4 Å². The van der Waals surface area contributed by atoms with Gasteiger partial charge in [0.25, 0.3) is 0 Å². The van der Waals surface area contributed by atoms with Crippen LogP contribution in [0, 0.1) is 29.6 Å². The van der Waals surface area contributed by atoms with Crippen LogP contribution in [0.5, 0.6) is 0 Å². The van der Waals surface area contributed by atoms with Crippen molar-refractivity contribution in [1.82, 2.24) is 9.29 Å². The monoisotopic (exact) mass is 671 g/mol. The van der Waals surface area contributed by atoms with Gasteiger partial charge in [0, 0.05) is 49.0 Å². The molecule has 2 N–H and O–H groups in total. The van der Waals surface area contributed by atoms with E-state index in [9.17, 15) is 18.3 Å². The zero-order chi connectivity index (χ0) is 32.3. The van der Waals surface area contributed by atoms with Crippen molar-refractivity contribution in [2.45, 2.75) is 75.4 Å². The summed E-state index contributed by atoms with van der Waals surface area (Å²) in [4.78, 5) is 18.0. The number of aliphatic hydroxyl groups excluding tert-OH is 1. The van der Waals surface area contributed by atoms with Gasteiger partial charge in [-0.2, -0.15) is 4.31 Å². The molecule has 2 aliphatic carbocycles. The molecule has 6 rings (SSSR count). The third kappa shape index (κ3) is 8.08. The molecule has 5 unspecified atom stereocenters. The first-order valence-electron chi connectivity index (χ1n) is 16.4. The molecule has 0 amide bonds. The number of nitrogens with one attached hydrogen (secondary N) is 1. The number of ether oxygens (including phenoxy) is 3. The topological polar surface area (TPSA) is 127 Å². The molecular formula is C34H45N3O7S2. The number of aliphatic hydroxyl groups is 1. The molecule has 3 heterocycles. The maximum Gasteiger partial charge on any atom is 0.306 e. The van der Waals surface area contributed by atoms with Gasteiger partial charge in [-0.3, -0.25) is 4.79 Å². The smallest absolute Gasteiger partial charge is 0.306 e. The maximum absolute atomic E-state index is 14.1. The van der Waals surface area contributed by atoms with Crippen molar-refractivity contribution in [3.63, 3.8) is 0 Å². The van der Waals surface area contributed by atoms with Crippen LogP contribution >= 0.6 is 11.3 Å². The van der Waals surface area contributed by atoms with Crippen molar-refractivity contribution in [3.8, 4) is 0 Å². The van der Waals surface area contributed by atoms with E-state index in [0.29, 0.717) is 25.7 Å². The molecule has 10 nitrogen and oxygen atoms in total. The molecule has 4 aliphatic rings. The second-order valence-electron chi connectivity index (χ2n) is 13.4. The predicted molar refractivity (Wildman–Crippen MR) is 175 cm³/mol. The van der Waals surface area contributed by atoms with Crippen molar-refractivity contribution in [2.24, 2.45) is 29.6 Å². The lowest BCUT2D eigenvalue weighted by Gasteiger charge is -2.31. The molecular weight excluding hydrogens is 627 g/mol. The molecule has 2 saturated heterocycles. The first-order chi connectivity index (χ1) is 22.2. The highest BCUT2D eigenvalue weighted by atomic mass is 32.2. The summed E-state index contributed by atoms with van der Waals surface area (Å²) in [6.07, 6.45) is 3.50. The summed E-state index contributed by atoms with van der Waals surface area (Å²) in [5, 5.41) is 17.5. The standard InChI is InChI=1S/C34H45N3O7S2/c1-22(2)18-37(46(40,41)27-9-6-13-35-34(45-14-12-27)36-26-10-11-26)19-30(38)24(15-23-7-4-3-5-8-23)17-31(39)44-32-25-16-28-29(32)21-43-33(28)42-20-25/h3-9,12-14,22,24-26,28-30,32-33,38H,10-11,15-21H2,1-2H3,(H,35,36)/t24-,25?,28?,29?,30-,32?,33?/m1/s1. The maximum atomic E-state index is 14.1. The van der Waals surface area contributed by atoms with Crippen molar-refractivity contribution in [1.29, 1.82) is 0 Å². The Morgan fingerprint density at radius 1 is 1.09 bits per heavy atom. The summed E-state index contributed by atoms with van der Waals surface area (Å²) in [7, 11) is -4.00. The van der Waals surface area contributed by atoms with Gasteiger partial charge in [-0.15, -0.1) is 11.3 Å². The van der Waals surface area contributed by atoms with Gasteiger partial charge in [0.1, 0.15) is 6.10 Å². The molecule has 1 aromatic carbocycles. The van der Waals surface area contributed by atoms with Crippen molar-refractivity contribution in [3.05, 3.63) is 65.7 Å². The predicted octanol–water partition coefficient (Wildman–Crippen LogP) is 4.65. The summed E-state index contributed by atoms with van der Waals surface area (Å²) in [6, 6.07) is 14.8. The Balaban J connectivity index is 1.20. The molecule has 46 heavy (non-hydrogen) atoms. The fourth-order valence-electron chi connectivity index (χ4n) is 6.85. The number of anilines is 1. The van der Waals surface area contributed by atoms with E-state index in [1.807, 2.05) is 44.2 Å². The number of carbonyl (C=O) groups excluding carboxylic acids is 1. The summed E-state index contributed by atoms with van der Waals surface area (Å²) in [5.41, 5.74) is 0.953. The summed E-state index contributed by atoms with van der Waals surface area (Å²) in [5.74, 6) is -0.426. The largest absolute Gasteiger partial charge is 0.462 e. The van der Waals surface area contributed by atoms with Gasteiger partial charge < -0.3 is 24.6 Å². The van der Waals surface area contributed by atoms with E-state index < -0.39 is 22.0 Å². The summed E-state index contributed by atoms with van der Waals surface area (Å²) in [6.45, 7) is 4.97. The van der Waals surface area contributed by atoms with E-state index in [-0.39, 0.29) is 66.4 Å². The fraction of sp³-hybridized carbons (Fsp3) is 0.588. The normalized spacial score (nSPS) is 26.5. The number of rotatable bonds is 14. The van der Waals surface area contributed by atoms with Crippen LogP contribution in [0.25, 0.3) is 0 Å². The Morgan fingerprint density at radius 2 is 1.87 bits per heavy atom. The Labute approximate surface area is 275 Å². The van der Waals surface area contributed by atoms with Crippen molar-refractivity contribution in [2.75, 3.05) is 31.6 Å². The van der Waals surface area contributed by atoms with Crippen LogP contribution in [0.3, 0.4) is 0 Å². The lowest BCUT2D eigenvalue weighted by Crippen LogP contribution is -2.43. The minimum Gasteiger partial charge on any atom is -0.462 e. The highest BCUT2D eigenvalue weighted by Gasteiger charge is 2.56. The van der Waals surface area contributed by atoms with E-state index >= 15 is 0 Å². The third-order valence-corrected chi connectivity index (χ3v) is 11.9. The van der Waals surface area contributed by atoms with Crippen LogP contribution in [0.4, 0.5) is 5.13 Å². The molecule has 2 aromatic rings. The van der Waals surface area contributed by atoms with Crippen LogP contribution in [0.1, 0.15) is 45.1 Å². The number of nitrogens with zero attached hydrogens (tertiary/aromatic N) is 2. The number of benzene rings is 1. The summed E-state index contributed by atoms with van der Waals surface area (Å²) >= 11 is 1.34. The van der Waals surface area contributed by atoms with Crippen LogP contribution < -0.4 is 5.32 Å². The highest BCUT2D eigenvalue weighted by molar-refractivity contribution is 7.89. The molecule has 2 aliphatic heterocycles. The van der Waals surface area contributed by atoms with Gasteiger partial charge in [-0.1, -0.05) is 44.2 Å². The minimum absolute atomic E-state index is 0.00409. The van der Waals surface area contributed by atoms with Crippen molar-refractivity contribution >= 4 is 32.5 Å². The second kappa shape index (κ2) is 14.7. The number of sulfonamides is 1. The van der Waals surface area contributed by atoms with E-state index in [0.717, 1.165) is 30.0 Å². The highest BCUT2D eigenvalue weighted by Crippen LogP contribution is 2.49. The second-order valence-corrected chi connectivity index (χ2v) is 16.3. The number of hydrogen-bond donors (Lipinski definition) is 2. The number of aromatic nitrogens is 1. The Morgan fingerprint density at radius 3 is 2.63 bits per heavy atom. The molecule has 2 saturated carbocycles. The first kappa shape index (κ1) is 33.3. The number of carbonyl (C=O) groups is 1. The zero-order valence-corrected chi connectivity index (χ0v) is 28.1. The molecule has 0 spiro atoms. The van der Waals surface area contributed by atoms with E-state index in [4.69, 9.17) is 14.2 Å². The van der Waals surface area contributed by atoms with E-state index in [1.165, 1.54) is 21.7 Å². The third-order valence-electron chi connectivity index (χ3n) is 9.32. The van der Waals surface area contributed by atoms with Crippen LogP contribution in [0.15, 0.2) is 65.0 Å². The quantitative estimate of drug-likeness (QED) is 0.276. The number of esters is 1. The zero-order valence-electron chi connectivity index (χ0n) is 26.4. The lowest BCUT2D eigenvalue weighted by atomic mass is 9.90. The van der Waals surface area contributed by atoms with Crippen LogP contribution in [-0.2, 0) is 35.4 Å². The summed E-state index contributed by atoms with van der Waals surface area (Å²) < 4.78 is 47.2. The Kier molecular flexibility index (Phi) is 10.6. The van der Waals surface area contributed by atoms with Gasteiger partial charge in [-0.25, -0.2) is 13.4 Å². The van der Waals surface area contributed by atoms with Crippen LogP contribution in [-0.4, -0.2) is 79.6 Å². The molecule has 4 fully saturated rings. The minimum atomic E-state index is -4.00. The SMILES string of the molecule is CC(C)CN(C[C@@H](O)[C@@H](CC(=O)OC1C2COC3OCC1C3C2)Cc1ccccc1)S(=O)(=O)c1cccnc(NC2CC2)scc1. The lowest BCUT2D eigenvalue weighted by molar-refractivity contribution is -0.178. The number of fused-ring (bicyclic) bond motifs is 1. The molecule has 1 aromatic heterocycles. The molecule has 2 bridgehead atoms. The van der Waals surface area contributed by atoms with Crippen molar-refractivity contribution < 1.29 is 32.5 Å². The molecule has 7 atom stereocenters. The Bertz CT molecular complexity index is 1500.